The van der Waals surface area contributed by atoms with Gasteiger partial charge in [0.05, 0.1) is 6.33 Å². The molecule has 0 fully saturated rings. The Bertz CT molecular complexity index is 476. The molecule has 3 nitrogen and oxygen atoms in total. The van der Waals surface area contributed by atoms with E-state index in [0.717, 1.165) is 11.1 Å². The minimum Gasteiger partial charge on any atom is -0.382 e. The van der Waals surface area contributed by atoms with Gasteiger partial charge in [-0.2, -0.15) is 0 Å². The monoisotopic (exact) mass is 205 g/mol. The number of rotatable bonds is 2. The van der Waals surface area contributed by atoms with Crippen LogP contribution in [0.5, 0.6) is 0 Å². The SMILES string of the molecule is Cc1cc(F)ccc1Cn1cnc(N)c1. The van der Waals surface area contributed by atoms with Gasteiger partial charge in [-0.15, -0.1) is 0 Å². The van der Waals surface area contributed by atoms with Crippen molar-refractivity contribution >= 4 is 5.82 Å². The zero-order valence-corrected chi connectivity index (χ0v) is 8.44. The van der Waals surface area contributed by atoms with Crippen LogP contribution in [-0.4, -0.2) is 9.55 Å². The minimum atomic E-state index is -0.207. The highest BCUT2D eigenvalue weighted by Gasteiger charge is 2.01. The van der Waals surface area contributed by atoms with Gasteiger partial charge in [0.2, 0.25) is 0 Å². The predicted molar refractivity (Wildman–Crippen MR) is 56.9 cm³/mol. The van der Waals surface area contributed by atoms with E-state index >= 15 is 0 Å². The maximum Gasteiger partial charge on any atom is 0.141 e. The maximum absolute atomic E-state index is 12.9. The quantitative estimate of drug-likeness (QED) is 0.814. The van der Waals surface area contributed by atoms with E-state index in [9.17, 15) is 4.39 Å². The summed E-state index contributed by atoms with van der Waals surface area (Å²) >= 11 is 0. The zero-order chi connectivity index (χ0) is 10.8. The summed E-state index contributed by atoms with van der Waals surface area (Å²) in [6.45, 7) is 2.55. The Labute approximate surface area is 87.4 Å². The normalized spacial score (nSPS) is 10.5. The number of benzene rings is 1. The summed E-state index contributed by atoms with van der Waals surface area (Å²) in [5.74, 6) is 0.288. The first-order chi connectivity index (χ1) is 7.15. The fourth-order valence-corrected chi connectivity index (χ4v) is 1.50. The number of aromatic nitrogens is 2. The number of hydrogen-bond donors (Lipinski definition) is 1. The van der Waals surface area contributed by atoms with E-state index in [1.165, 1.54) is 12.1 Å². The van der Waals surface area contributed by atoms with Crippen LogP contribution in [0.25, 0.3) is 0 Å². The number of aryl methyl sites for hydroxylation is 1. The number of nitrogens with two attached hydrogens (primary N) is 1. The highest BCUT2D eigenvalue weighted by Crippen LogP contribution is 2.12. The second-order valence-electron chi connectivity index (χ2n) is 3.54. The number of nitrogen functional groups attached to an aromatic ring is 1. The summed E-state index contributed by atoms with van der Waals surface area (Å²) in [4.78, 5) is 3.93. The molecule has 1 aromatic carbocycles. The van der Waals surface area contributed by atoms with Crippen LogP contribution in [0.3, 0.4) is 0 Å². The van der Waals surface area contributed by atoms with Crippen molar-refractivity contribution < 1.29 is 4.39 Å². The predicted octanol–water partition coefficient (Wildman–Crippen LogP) is 1.96. The summed E-state index contributed by atoms with van der Waals surface area (Å²) in [5.41, 5.74) is 7.50. The number of hydrogen-bond acceptors (Lipinski definition) is 2. The second kappa shape index (κ2) is 3.73. The molecule has 78 valence electrons. The Morgan fingerprint density at radius 2 is 2.27 bits per heavy atom. The summed E-state index contributed by atoms with van der Waals surface area (Å²) in [6, 6.07) is 4.76. The van der Waals surface area contributed by atoms with Crippen LogP contribution in [-0.2, 0) is 6.54 Å². The first-order valence-corrected chi connectivity index (χ1v) is 4.67. The molecule has 1 heterocycles. The average molecular weight is 205 g/mol. The molecule has 15 heavy (non-hydrogen) atoms. The van der Waals surface area contributed by atoms with E-state index in [0.29, 0.717) is 12.4 Å². The molecule has 0 bridgehead atoms. The van der Waals surface area contributed by atoms with Crippen molar-refractivity contribution in [3.63, 3.8) is 0 Å². The van der Waals surface area contributed by atoms with Crippen LogP contribution in [0.2, 0.25) is 0 Å². The lowest BCUT2D eigenvalue weighted by Gasteiger charge is -2.06. The third kappa shape index (κ3) is 2.15. The summed E-state index contributed by atoms with van der Waals surface area (Å²) in [5, 5.41) is 0. The average Bonchev–Trinajstić information content (AvgIpc) is 2.56. The fraction of sp³-hybridized carbons (Fsp3) is 0.182. The van der Waals surface area contributed by atoms with Crippen molar-refractivity contribution in [2.24, 2.45) is 0 Å². The van der Waals surface area contributed by atoms with Crippen molar-refractivity contribution in [2.45, 2.75) is 13.5 Å². The van der Waals surface area contributed by atoms with Crippen molar-refractivity contribution in [3.05, 3.63) is 47.7 Å². The van der Waals surface area contributed by atoms with Gasteiger partial charge in [0.25, 0.3) is 0 Å². The molecule has 0 radical (unpaired) electrons. The molecular weight excluding hydrogens is 193 g/mol. The van der Waals surface area contributed by atoms with Crippen LogP contribution in [0.4, 0.5) is 10.2 Å². The van der Waals surface area contributed by atoms with Gasteiger partial charge in [-0.3, -0.25) is 0 Å². The molecular formula is C11H12FN3. The smallest absolute Gasteiger partial charge is 0.141 e. The fourth-order valence-electron chi connectivity index (χ4n) is 1.50. The highest BCUT2D eigenvalue weighted by molar-refractivity contribution is 5.28. The lowest BCUT2D eigenvalue weighted by Crippen LogP contribution is -1.99. The van der Waals surface area contributed by atoms with Gasteiger partial charge in [-0.1, -0.05) is 6.07 Å². The van der Waals surface area contributed by atoms with E-state index in [1.54, 1.807) is 18.6 Å². The first-order valence-electron chi connectivity index (χ1n) is 4.67. The van der Waals surface area contributed by atoms with Crippen LogP contribution >= 0.6 is 0 Å². The first kappa shape index (κ1) is 9.71. The molecule has 4 heteroatoms. The summed E-state index contributed by atoms with van der Waals surface area (Å²) in [7, 11) is 0. The van der Waals surface area contributed by atoms with Crippen LogP contribution in [0, 0.1) is 12.7 Å². The molecule has 0 saturated heterocycles. The van der Waals surface area contributed by atoms with Crippen molar-refractivity contribution in [1.29, 1.82) is 0 Å². The zero-order valence-electron chi connectivity index (χ0n) is 8.44. The molecule has 2 rings (SSSR count). The molecule has 0 amide bonds. The molecule has 0 atom stereocenters. The van der Waals surface area contributed by atoms with Gasteiger partial charge in [0.15, 0.2) is 0 Å². The van der Waals surface area contributed by atoms with E-state index in [2.05, 4.69) is 4.98 Å². The van der Waals surface area contributed by atoms with Crippen LogP contribution < -0.4 is 5.73 Å². The minimum absolute atomic E-state index is 0.207. The summed E-state index contributed by atoms with van der Waals surface area (Å²) < 4.78 is 14.7. The van der Waals surface area contributed by atoms with Crippen LogP contribution in [0.15, 0.2) is 30.7 Å². The van der Waals surface area contributed by atoms with Gasteiger partial charge in [0.1, 0.15) is 11.6 Å². The van der Waals surface area contributed by atoms with E-state index in [-0.39, 0.29) is 5.82 Å². The van der Waals surface area contributed by atoms with Crippen LogP contribution in [0.1, 0.15) is 11.1 Å². The molecule has 0 spiro atoms. The third-order valence-electron chi connectivity index (χ3n) is 2.31. The number of anilines is 1. The van der Waals surface area contributed by atoms with E-state index in [1.807, 2.05) is 11.5 Å². The Morgan fingerprint density at radius 1 is 1.47 bits per heavy atom. The molecule has 0 aliphatic rings. The number of imidazole rings is 1. The number of nitrogens with zero attached hydrogens (tertiary/aromatic N) is 2. The van der Waals surface area contributed by atoms with Crippen molar-refractivity contribution in [1.82, 2.24) is 9.55 Å². The Morgan fingerprint density at radius 3 is 2.87 bits per heavy atom. The van der Waals surface area contributed by atoms with Gasteiger partial charge < -0.3 is 10.3 Å². The van der Waals surface area contributed by atoms with E-state index < -0.39 is 0 Å². The standard InChI is InChI=1S/C11H12FN3/c1-8-4-10(12)3-2-9(8)5-15-6-11(13)14-7-15/h2-4,6-7H,5,13H2,1H3. The molecule has 0 aliphatic carbocycles. The lowest BCUT2D eigenvalue weighted by atomic mass is 10.1. The summed E-state index contributed by atoms with van der Waals surface area (Å²) in [6.07, 6.45) is 3.42. The van der Waals surface area contributed by atoms with Gasteiger partial charge in [-0.05, 0) is 30.2 Å². The van der Waals surface area contributed by atoms with Gasteiger partial charge >= 0.3 is 0 Å². The molecule has 0 saturated carbocycles. The maximum atomic E-state index is 12.9. The topological polar surface area (TPSA) is 43.8 Å². The molecule has 0 unspecified atom stereocenters. The van der Waals surface area contributed by atoms with E-state index in [4.69, 9.17) is 5.73 Å². The Kier molecular flexibility index (Phi) is 2.41. The molecule has 2 N–H and O–H groups in total. The van der Waals surface area contributed by atoms with Crippen molar-refractivity contribution in [3.8, 4) is 0 Å². The van der Waals surface area contributed by atoms with Gasteiger partial charge in [0, 0.05) is 12.7 Å². The van der Waals surface area contributed by atoms with Crippen molar-refractivity contribution in [2.75, 3.05) is 5.73 Å². The molecule has 0 aliphatic heterocycles. The Balaban J connectivity index is 2.24. The van der Waals surface area contributed by atoms with Gasteiger partial charge in [-0.25, -0.2) is 9.37 Å². The molecule has 1 aromatic heterocycles. The Hall–Kier alpha value is -1.84. The lowest BCUT2D eigenvalue weighted by molar-refractivity contribution is 0.624. The second-order valence-corrected chi connectivity index (χ2v) is 3.54. The highest BCUT2D eigenvalue weighted by atomic mass is 19.1. The third-order valence-corrected chi connectivity index (χ3v) is 2.31. The largest absolute Gasteiger partial charge is 0.382 e. The number of halogens is 1. The molecule has 2 aromatic rings.